The smallest absolute Gasteiger partial charge is 0.119 e. The van der Waals surface area contributed by atoms with Crippen molar-refractivity contribution < 1.29 is 4.74 Å². The van der Waals surface area contributed by atoms with Gasteiger partial charge in [0, 0.05) is 30.0 Å². The summed E-state index contributed by atoms with van der Waals surface area (Å²) in [6, 6.07) is 7.61. The van der Waals surface area contributed by atoms with Crippen molar-refractivity contribution in [3.63, 3.8) is 0 Å². The first-order valence-electron chi connectivity index (χ1n) is 6.81. The van der Waals surface area contributed by atoms with E-state index >= 15 is 0 Å². The Bertz CT molecular complexity index is 521. The molecule has 3 nitrogen and oxygen atoms in total. The number of piperidine rings is 1. The molecular formula is C15H17ClN2OS. The number of ether oxygens (including phenoxy) is 1. The van der Waals surface area contributed by atoms with Gasteiger partial charge < -0.3 is 4.74 Å². The fourth-order valence-electron chi connectivity index (χ4n) is 2.44. The molecule has 5 heteroatoms. The maximum atomic E-state index is 5.99. The highest BCUT2D eigenvalue weighted by Crippen LogP contribution is 2.21. The van der Waals surface area contributed by atoms with Crippen LogP contribution in [0.4, 0.5) is 0 Å². The van der Waals surface area contributed by atoms with E-state index in [0.717, 1.165) is 43.2 Å². The first-order valence-corrected chi connectivity index (χ1v) is 8.13. The maximum absolute atomic E-state index is 5.99. The molecule has 0 amide bonds. The molecule has 0 saturated carbocycles. The van der Waals surface area contributed by atoms with Crippen molar-refractivity contribution in [2.45, 2.75) is 25.5 Å². The molecule has 0 aliphatic carbocycles. The van der Waals surface area contributed by atoms with E-state index in [4.69, 9.17) is 16.3 Å². The number of halogens is 1. The van der Waals surface area contributed by atoms with Gasteiger partial charge in [-0.2, -0.15) is 0 Å². The van der Waals surface area contributed by atoms with E-state index in [9.17, 15) is 0 Å². The summed E-state index contributed by atoms with van der Waals surface area (Å²) in [5.74, 6) is 0.910. The van der Waals surface area contributed by atoms with Crippen molar-refractivity contribution >= 4 is 22.9 Å². The molecule has 1 saturated heterocycles. The summed E-state index contributed by atoms with van der Waals surface area (Å²) in [6.07, 6.45) is 2.43. The average Bonchev–Trinajstić information content (AvgIpc) is 2.96. The van der Waals surface area contributed by atoms with E-state index in [0.29, 0.717) is 6.10 Å². The number of likely N-dealkylation sites (tertiary alicyclic amines) is 1. The van der Waals surface area contributed by atoms with Gasteiger partial charge in [-0.15, -0.1) is 11.3 Å². The van der Waals surface area contributed by atoms with Gasteiger partial charge in [0.1, 0.15) is 11.9 Å². The first-order chi connectivity index (χ1) is 9.79. The number of benzene rings is 1. The highest BCUT2D eigenvalue weighted by atomic mass is 35.5. The van der Waals surface area contributed by atoms with Crippen LogP contribution in [0.25, 0.3) is 0 Å². The zero-order valence-corrected chi connectivity index (χ0v) is 12.7. The minimum absolute atomic E-state index is 0.308. The van der Waals surface area contributed by atoms with E-state index < -0.39 is 0 Å². The lowest BCUT2D eigenvalue weighted by atomic mass is 10.1. The highest BCUT2D eigenvalue weighted by molar-refractivity contribution is 7.07. The third-order valence-corrected chi connectivity index (χ3v) is 4.41. The number of thiazole rings is 1. The topological polar surface area (TPSA) is 25.4 Å². The molecule has 1 aromatic heterocycles. The standard InChI is InChI=1S/C15H17ClN2OS/c16-12-1-3-14(4-2-12)19-15-5-7-18(8-6-15)9-13-10-20-11-17-13/h1-4,10-11,15H,5-9H2. The normalized spacial score (nSPS) is 17.2. The summed E-state index contributed by atoms with van der Waals surface area (Å²) < 4.78 is 5.99. The van der Waals surface area contributed by atoms with E-state index in [1.165, 1.54) is 5.69 Å². The van der Waals surface area contributed by atoms with E-state index in [1.807, 2.05) is 29.8 Å². The molecule has 0 atom stereocenters. The number of hydrogen-bond acceptors (Lipinski definition) is 4. The van der Waals surface area contributed by atoms with Gasteiger partial charge in [-0.05, 0) is 37.1 Å². The Labute approximate surface area is 128 Å². The van der Waals surface area contributed by atoms with Crippen molar-refractivity contribution in [3.05, 3.63) is 45.9 Å². The summed E-state index contributed by atoms with van der Waals surface area (Å²) >= 11 is 7.53. The molecule has 0 unspecified atom stereocenters. The van der Waals surface area contributed by atoms with Gasteiger partial charge in [-0.25, -0.2) is 4.98 Å². The Balaban J connectivity index is 1.47. The molecule has 1 aliphatic heterocycles. The van der Waals surface area contributed by atoms with Gasteiger partial charge in [-0.1, -0.05) is 11.6 Å². The van der Waals surface area contributed by atoms with E-state index in [1.54, 1.807) is 11.3 Å². The molecule has 2 heterocycles. The zero-order chi connectivity index (χ0) is 13.8. The molecule has 1 fully saturated rings. The lowest BCUT2D eigenvalue weighted by molar-refractivity contribution is 0.0962. The van der Waals surface area contributed by atoms with E-state index in [2.05, 4.69) is 15.3 Å². The minimum Gasteiger partial charge on any atom is -0.490 e. The van der Waals surface area contributed by atoms with Gasteiger partial charge in [-0.3, -0.25) is 4.90 Å². The van der Waals surface area contributed by atoms with Gasteiger partial charge in [0.05, 0.1) is 11.2 Å². The van der Waals surface area contributed by atoms with Crippen molar-refractivity contribution in [3.8, 4) is 5.75 Å². The third kappa shape index (κ3) is 3.72. The zero-order valence-electron chi connectivity index (χ0n) is 11.2. The highest BCUT2D eigenvalue weighted by Gasteiger charge is 2.20. The molecular weight excluding hydrogens is 292 g/mol. The van der Waals surface area contributed by atoms with Crippen molar-refractivity contribution in [1.82, 2.24) is 9.88 Å². The number of hydrogen-bond donors (Lipinski definition) is 0. The molecule has 0 bridgehead atoms. The minimum atomic E-state index is 0.308. The predicted octanol–water partition coefficient (Wildman–Crippen LogP) is 3.84. The van der Waals surface area contributed by atoms with Crippen molar-refractivity contribution in [1.29, 1.82) is 0 Å². The Morgan fingerprint density at radius 2 is 2.00 bits per heavy atom. The van der Waals surface area contributed by atoms with Crippen LogP contribution in [0.5, 0.6) is 5.75 Å². The molecule has 3 rings (SSSR count). The summed E-state index contributed by atoms with van der Waals surface area (Å²) in [6.45, 7) is 3.09. The fraction of sp³-hybridized carbons (Fsp3) is 0.400. The van der Waals surface area contributed by atoms with Crippen LogP contribution in [0.15, 0.2) is 35.2 Å². The molecule has 1 aliphatic rings. The number of nitrogens with zero attached hydrogens (tertiary/aromatic N) is 2. The summed E-state index contributed by atoms with van der Waals surface area (Å²) in [5, 5.41) is 2.87. The maximum Gasteiger partial charge on any atom is 0.119 e. The Morgan fingerprint density at radius 1 is 1.25 bits per heavy atom. The summed E-state index contributed by atoms with van der Waals surface area (Å²) in [7, 11) is 0. The Hall–Kier alpha value is -1.10. The van der Waals surface area contributed by atoms with Gasteiger partial charge in [0.25, 0.3) is 0 Å². The second-order valence-corrected chi connectivity index (χ2v) is 6.18. The second kappa shape index (κ2) is 6.57. The number of rotatable bonds is 4. The van der Waals surface area contributed by atoms with Crippen molar-refractivity contribution in [2.75, 3.05) is 13.1 Å². The number of aromatic nitrogens is 1. The van der Waals surface area contributed by atoms with Gasteiger partial charge in [0.2, 0.25) is 0 Å². The average molecular weight is 309 g/mol. The lowest BCUT2D eigenvalue weighted by Gasteiger charge is -2.31. The van der Waals surface area contributed by atoms with Crippen LogP contribution in [-0.2, 0) is 6.54 Å². The first kappa shape index (κ1) is 13.9. The summed E-state index contributed by atoms with van der Waals surface area (Å²) in [4.78, 5) is 6.78. The SMILES string of the molecule is Clc1ccc(OC2CCN(Cc3cscn3)CC2)cc1. The second-order valence-electron chi connectivity index (χ2n) is 5.03. The Kier molecular flexibility index (Phi) is 4.55. The molecule has 0 N–H and O–H groups in total. The third-order valence-electron chi connectivity index (χ3n) is 3.52. The van der Waals surface area contributed by atoms with Crippen molar-refractivity contribution in [2.24, 2.45) is 0 Å². The molecule has 20 heavy (non-hydrogen) atoms. The van der Waals surface area contributed by atoms with Crippen LogP contribution in [0.3, 0.4) is 0 Å². The van der Waals surface area contributed by atoms with Crippen LogP contribution in [0.1, 0.15) is 18.5 Å². The van der Waals surface area contributed by atoms with Crippen LogP contribution in [-0.4, -0.2) is 29.1 Å². The van der Waals surface area contributed by atoms with Crippen LogP contribution < -0.4 is 4.74 Å². The quantitative estimate of drug-likeness (QED) is 0.858. The van der Waals surface area contributed by atoms with Crippen LogP contribution in [0, 0.1) is 0 Å². The molecule has 0 radical (unpaired) electrons. The molecule has 2 aromatic rings. The molecule has 1 aromatic carbocycles. The van der Waals surface area contributed by atoms with Gasteiger partial charge >= 0.3 is 0 Å². The summed E-state index contributed by atoms with van der Waals surface area (Å²) in [5.41, 5.74) is 3.07. The largest absolute Gasteiger partial charge is 0.490 e. The predicted molar refractivity (Wildman–Crippen MR) is 82.5 cm³/mol. The lowest BCUT2D eigenvalue weighted by Crippen LogP contribution is -2.37. The van der Waals surface area contributed by atoms with E-state index in [-0.39, 0.29) is 0 Å². The van der Waals surface area contributed by atoms with Gasteiger partial charge in [0.15, 0.2) is 0 Å². The Morgan fingerprint density at radius 3 is 2.65 bits per heavy atom. The molecule has 106 valence electrons. The van der Waals surface area contributed by atoms with Crippen LogP contribution >= 0.6 is 22.9 Å². The monoisotopic (exact) mass is 308 g/mol. The fourth-order valence-corrected chi connectivity index (χ4v) is 3.11. The van der Waals surface area contributed by atoms with Crippen LogP contribution in [0.2, 0.25) is 5.02 Å². The molecule has 0 spiro atoms.